The highest BCUT2D eigenvalue weighted by Crippen LogP contribution is 2.29. The minimum absolute atomic E-state index is 0.0434. The van der Waals surface area contributed by atoms with Crippen LogP contribution in [0.15, 0.2) is 24.4 Å². The molecule has 1 unspecified atom stereocenters. The summed E-state index contributed by atoms with van der Waals surface area (Å²) in [6.45, 7) is 7.04. The third-order valence-corrected chi connectivity index (χ3v) is 4.13. The number of aromatic nitrogens is 2. The highest BCUT2D eigenvalue weighted by molar-refractivity contribution is 7.80. The molecule has 7 heteroatoms. The lowest BCUT2D eigenvalue weighted by molar-refractivity contribution is 0.405. The first-order valence-corrected chi connectivity index (χ1v) is 8.22. The zero-order valence-electron chi connectivity index (χ0n) is 14.7. The average molecular weight is 348 g/mol. The minimum Gasteiger partial charge on any atom is -0.497 e. The normalized spacial score (nSPS) is 11.7. The number of methoxy groups -OCH3 is 2. The smallest absolute Gasteiger partial charge is 0.171 e. The summed E-state index contributed by atoms with van der Waals surface area (Å²) in [6.07, 6.45) is 1.88. The van der Waals surface area contributed by atoms with Crippen LogP contribution in [-0.2, 0) is 6.54 Å². The van der Waals surface area contributed by atoms with Crippen molar-refractivity contribution in [3.05, 3.63) is 35.7 Å². The van der Waals surface area contributed by atoms with Crippen molar-refractivity contribution in [2.75, 3.05) is 19.5 Å². The minimum atomic E-state index is 0.0434. The lowest BCUT2D eigenvalue weighted by atomic mass is 10.1. The van der Waals surface area contributed by atoms with Crippen LogP contribution in [0.4, 0.5) is 5.69 Å². The maximum Gasteiger partial charge on any atom is 0.171 e. The van der Waals surface area contributed by atoms with Crippen molar-refractivity contribution < 1.29 is 9.47 Å². The molecule has 6 nitrogen and oxygen atoms in total. The van der Waals surface area contributed by atoms with Crippen LogP contribution < -0.4 is 20.1 Å². The van der Waals surface area contributed by atoms with Gasteiger partial charge in [0, 0.05) is 23.9 Å². The lowest BCUT2D eigenvalue weighted by Gasteiger charge is -2.18. The molecule has 0 aliphatic rings. The predicted octanol–water partition coefficient (Wildman–Crippen LogP) is 3.28. The fourth-order valence-electron chi connectivity index (χ4n) is 2.55. The molecule has 1 aromatic heterocycles. The highest BCUT2D eigenvalue weighted by Gasteiger charge is 2.14. The number of benzene rings is 1. The second-order valence-corrected chi connectivity index (χ2v) is 5.80. The Bertz CT molecular complexity index is 715. The topological polar surface area (TPSA) is 60.3 Å². The Morgan fingerprint density at radius 1 is 1.33 bits per heavy atom. The highest BCUT2D eigenvalue weighted by atomic mass is 32.1. The Kier molecular flexibility index (Phi) is 6.03. The second kappa shape index (κ2) is 8.01. The van der Waals surface area contributed by atoms with E-state index in [1.54, 1.807) is 14.2 Å². The van der Waals surface area contributed by atoms with Crippen molar-refractivity contribution in [1.29, 1.82) is 0 Å². The molecule has 24 heavy (non-hydrogen) atoms. The summed E-state index contributed by atoms with van der Waals surface area (Å²) in [5.74, 6) is 1.43. The summed E-state index contributed by atoms with van der Waals surface area (Å²) < 4.78 is 12.6. The number of hydrogen-bond acceptors (Lipinski definition) is 4. The molecule has 2 aromatic rings. The van der Waals surface area contributed by atoms with Gasteiger partial charge in [0.05, 0.1) is 32.1 Å². The summed E-state index contributed by atoms with van der Waals surface area (Å²) in [7, 11) is 3.24. The average Bonchev–Trinajstić information content (AvgIpc) is 2.95. The maximum atomic E-state index is 5.43. The van der Waals surface area contributed by atoms with E-state index in [1.165, 1.54) is 0 Å². The number of rotatable bonds is 6. The first-order chi connectivity index (χ1) is 11.5. The van der Waals surface area contributed by atoms with Crippen molar-refractivity contribution in [3.63, 3.8) is 0 Å². The molecular formula is C17H24N4O2S. The number of thiocarbonyl (C=S) groups is 1. The number of nitrogens with one attached hydrogen (secondary N) is 2. The van der Waals surface area contributed by atoms with Gasteiger partial charge in [-0.1, -0.05) is 0 Å². The Hall–Kier alpha value is -2.28. The van der Waals surface area contributed by atoms with Crippen molar-refractivity contribution in [3.8, 4) is 11.5 Å². The van der Waals surface area contributed by atoms with Crippen molar-refractivity contribution in [2.45, 2.75) is 33.4 Å². The van der Waals surface area contributed by atoms with Crippen molar-refractivity contribution >= 4 is 23.0 Å². The first kappa shape index (κ1) is 18.1. The maximum absolute atomic E-state index is 5.43. The first-order valence-electron chi connectivity index (χ1n) is 7.82. The summed E-state index contributed by atoms with van der Waals surface area (Å²) in [4.78, 5) is 0. The Morgan fingerprint density at radius 2 is 2.08 bits per heavy atom. The van der Waals surface area contributed by atoms with E-state index in [9.17, 15) is 0 Å². The largest absolute Gasteiger partial charge is 0.497 e. The van der Waals surface area contributed by atoms with Gasteiger partial charge in [-0.15, -0.1) is 0 Å². The summed E-state index contributed by atoms with van der Waals surface area (Å²) in [6, 6.07) is 5.56. The fraction of sp³-hybridized carbons (Fsp3) is 0.412. The molecule has 0 amide bonds. The number of hydrogen-bond donors (Lipinski definition) is 2. The van der Waals surface area contributed by atoms with Crippen LogP contribution in [0, 0.1) is 6.92 Å². The zero-order chi connectivity index (χ0) is 17.7. The summed E-state index contributed by atoms with van der Waals surface area (Å²) in [5.41, 5.74) is 3.01. The zero-order valence-corrected chi connectivity index (χ0v) is 15.5. The fourth-order valence-corrected chi connectivity index (χ4v) is 2.84. The molecule has 0 saturated heterocycles. The van der Waals surface area contributed by atoms with Gasteiger partial charge in [0.2, 0.25) is 0 Å². The van der Waals surface area contributed by atoms with Gasteiger partial charge >= 0.3 is 0 Å². The van der Waals surface area contributed by atoms with E-state index >= 15 is 0 Å². The molecule has 0 aliphatic heterocycles. The predicted molar refractivity (Wildman–Crippen MR) is 100.0 cm³/mol. The quantitative estimate of drug-likeness (QED) is 0.781. The number of nitrogens with zero attached hydrogens (tertiary/aromatic N) is 2. The van der Waals surface area contributed by atoms with Crippen LogP contribution in [-0.4, -0.2) is 29.1 Å². The van der Waals surface area contributed by atoms with Gasteiger partial charge in [0.1, 0.15) is 11.5 Å². The molecular weight excluding hydrogens is 324 g/mol. The van der Waals surface area contributed by atoms with Crippen LogP contribution in [0.3, 0.4) is 0 Å². The molecule has 1 heterocycles. The van der Waals surface area contributed by atoms with Crippen LogP contribution >= 0.6 is 12.2 Å². The van der Waals surface area contributed by atoms with Crippen molar-refractivity contribution in [1.82, 2.24) is 15.1 Å². The molecule has 130 valence electrons. The lowest BCUT2D eigenvalue weighted by Crippen LogP contribution is -2.31. The van der Waals surface area contributed by atoms with E-state index in [2.05, 4.69) is 36.5 Å². The van der Waals surface area contributed by atoms with Crippen LogP contribution in [0.1, 0.15) is 31.1 Å². The number of anilines is 1. The van der Waals surface area contributed by atoms with Gasteiger partial charge in [-0.2, -0.15) is 5.10 Å². The molecule has 0 saturated carbocycles. The van der Waals surface area contributed by atoms with Crippen LogP contribution in [0.5, 0.6) is 11.5 Å². The van der Waals surface area contributed by atoms with E-state index in [0.29, 0.717) is 10.9 Å². The molecule has 0 radical (unpaired) electrons. The third-order valence-electron chi connectivity index (χ3n) is 3.91. The Balaban J connectivity index is 2.08. The molecule has 2 N–H and O–H groups in total. The molecule has 0 fully saturated rings. The SMILES string of the molecule is CCn1ncc(C(C)NC(=S)Nc2cc(OC)ccc2OC)c1C. The Labute approximate surface area is 148 Å². The monoisotopic (exact) mass is 348 g/mol. The van der Waals surface area contributed by atoms with Gasteiger partial charge in [-0.05, 0) is 45.1 Å². The van der Waals surface area contributed by atoms with E-state index in [-0.39, 0.29) is 6.04 Å². The van der Waals surface area contributed by atoms with E-state index < -0.39 is 0 Å². The third kappa shape index (κ3) is 3.97. The molecule has 0 spiro atoms. The Morgan fingerprint density at radius 3 is 2.67 bits per heavy atom. The van der Waals surface area contributed by atoms with E-state index in [4.69, 9.17) is 21.7 Å². The molecule has 2 rings (SSSR count). The standard InChI is InChI=1S/C17H24N4O2S/c1-6-21-12(3)14(10-18-21)11(2)19-17(24)20-15-9-13(22-4)7-8-16(15)23-5/h7-11H,6H2,1-5H3,(H2,19,20,24). The molecule has 0 bridgehead atoms. The number of ether oxygens (including phenoxy) is 2. The van der Waals surface area contributed by atoms with Gasteiger partial charge < -0.3 is 20.1 Å². The van der Waals surface area contributed by atoms with Gasteiger partial charge in [-0.25, -0.2) is 0 Å². The molecule has 0 aliphatic carbocycles. The van der Waals surface area contributed by atoms with Gasteiger partial charge in [0.15, 0.2) is 5.11 Å². The van der Waals surface area contributed by atoms with E-state index in [0.717, 1.165) is 29.2 Å². The molecule has 1 aromatic carbocycles. The van der Waals surface area contributed by atoms with Crippen LogP contribution in [0.2, 0.25) is 0 Å². The number of aryl methyl sites for hydroxylation is 1. The second-order valence-electron chi connectivity index (χ2n) is 5.39. The van der Waals surface area contributed by atoms with Gasteiger partial charge in [0.25, 0.3) is 0 Å². The van der Waals surface area contributed by atoms with E-state index in [1.807, 2.05) is 29.1 Å². The summed E-state index contributed by atoms with van der Waals surface area (Å²) >= 11 is 5.43. The van der Waals surface area contributed by atoms with Crippen LogP contribution in [0.25, 0.3) is 0 Å². The molecule has 1 atom stereocenters. The summed E-state index contributed by atoms with van der Waals surface area (Å²) in [5, 5.41) is 11.3. The van der Waals surface area contributed by atoms with Gasteiger partial charge in [-0.3, -0.25) is 4.68 Å². The van der Waals surface area contributed by atoms with Crippen molar-refractivity contribution in [2.24, 2.45) is 0 Å².